The van der Waals surface area contributed by atoms with Gasteiger partial charge in [0, 0.05) is 23.6 Å². The van der Waals surface area contributed by atoms with Crippen molar-refractivity contribution in [3.05, 3.63) is 100 Å². The van der Waals surface area contributed by atoms with Crippen LogP contribution in [0.5, 0.6) is 0 Å². The summed E-state index contributed by atoms with van der Waals surface area (Å²) in [7, 11) is 0. The summed E-state index contributed by atoms with van der Waals surface area (Å²) in [4.78, 5) is 32.4. The number of aryl methyl sites for hydroxylation is 2. The lowest BCUT2D eigenvalue weighted by Gasteiger charge is -2.26. The van der Waals surface area contributed by atoms with Gasteiger partial charge in [0.05, 0.1) is 11.6 Å². The van der Waals surface area contributed by atoms with Crippen molar-refractivity contribution in [2.75, 3.05) is 4.90 Å². The Bertz CT molecular complexity index is 1320. The molecule has 1 aliphatic carbocycles. The molecule has 178 valence electrons. The van der Waals surface area contributed by atoms with E-state index in [1.807, 2.05) is 48.5 Å². The summed E-state index contributed by atoms with van der Waals surface area (Å²) in [6, 6.07) is 16.4. The van der Waals surface area contributed by atoms with E-state index in [4.69, 9.17) is 0 Å². The predicted molar refractivity (Wildman–Crippen MR) is 137 cm³/mol. The van der Waals surface area contributed by atoms with Crippen LogP contribution in [-0.2, 0) is 27.8 Å². The highest BCUT2D eigenvalue weighted by Gasteiger charge is 2.47. The van der Waals surface area contributed by atoms with Crippen LogP contribution in [-0.4, -0.2) is 21.8 Å². The standard InChI is InChI=1S/C30H30N2O3/c1-30(2,3)23-12-14-24(15-13-23)32-26(22-9-6-16-31-18-22)25(28(34)29(32)35)27(33)21-11-10-19-7-4-5-8-20(19)17-21/h6,9-18,26,33H,4-5,7-8H2,1-3H3/b27-25-. The minimum absolute atomic E-state index is 0.0398. The number of benzene rings is 2. The Labute approximate surface area is 206 Å². The zero-order valence-corrected chi connectivity index (χ0v) is 20.4. The molecule has 2 aliphatic rings. The van der Waals surface area contributed by atoms with Crippen LogP contribution in [0.1, 0.15) is 67.5 Å². The van der Waals surface area contributed by atoms with Crippen molar-refractivity contribution in [3.63, 3.8) is 0 Å². The topological polar surface area (TPSA) is 70.5 Å². The fourth-order valence-electron chi connectivity index (χ4n) is 5.11. The molecular weight excluding hydrogens is 436 g/mol. The zero-order chi connectivity index (χ0) is 24.7. The minimum Gasteiger partial charge on any atom is -0.507 e. The molecular formula is C30H30N2O3. The maximum atomic E-state index is 13.4. The number of hydrogen-bond donors (Lipinski definition) is 1. The lowest BCUT2D eigenvalue weighted by Crippen LogP contribution is -2.29. The van der Waals surface area contributed by atoms with Crippen LogP contribution in [0.15, 0.2) is 72.6 Å². The number of fused-ring (bicyclic) bond motifs is 1. The Kier molecular flexibility index (Phi) is 5.79. The Morgan fingerprint density at radius 1 is 0.971 bits per heavy atom. The van der Waals surface area contributed by atoms with Gasteiger partial charge < -0.3 is 5.11 Å². The lowest BCUT2D eigenvalue weighted by atomic mass is 9.87. The van der Waals surface area contributed by atoms with Crippen molar-refractivity contribution in [2.24, 2.45) is 0 Å². The van der Waals surface area contributed by atoms with E-state index in [9.17, 15) is 14.7 Å². The summed E-state index contributed by atoms with van der Waals surface area (Å²) < 4.78 is 0. The molecule has 1 unspecified atom stereocenters. The predicted octanol–water partition coefficient (Wildman–Crippen LogP) is 5.88. The third-order valence-corrected chi connectivity index (χ3v) is 7.08. The Balaban J connectivity index is 1.65. The first-order chi connectivity index (χ1) is 16.8. The number of hydrogen-bond acceptors (Lipinski definition) is 4. The van der Waals surface area contributed by atoms with E-state index in [0.29, 0.717) is 16.8 Å². The van der Waals surface area contributed by atoms with E-state index in [2.05, 4.69) is 25.8 Å². The van der Waals surface area contributed by atoms with E-state index in [1.54, 1.807) is 18.5 Å². The molecule has 5 nitrogen and oxygen atoms in total. The first-order valence-electron chi connectivity index (χ1n) is 12.2. The van der Waals surface area contributed by atoms with Crippen LogP contribution >= 0.6 is 0 Å². The van der Waals surface area contributed by atoms with Gasteiger partial charge in [0.2, 0.25) is 0 Å². The molecule has 2 aromatic carbocycles. The van der Waals surface area contributed by atoms with Crippen LogP contribution in [0.4, 0.5) is 5.69 Å². The van der Waals surface area contributed by atoms with Crippen LogP contribution in [0.3, 0.4) is 0 Å². The smallest absolute Gasteiger partial charge is 0.300 e. The summed E-state index contributed by atoms with van der Waals surface area (Å²) in [6.07, 6.45) is 7.56. The second-order valence-corrected chi connectivity index (χ2v) is 10.4. The molecule has 1 amide bonds. The summed E-state index contributed by atoms with van der Waals surface area (Å²) in [6.45, 7) is 6.38. The molecule has 0 bridgehead atoms. The van der Waals surface area contributed by atoms with Gasteiger partial charge >= 0.3 is 0 Å². The first-order valence-corrected chi connectivity index (χ1v) is 12.2. The quantitative estimate of drug-likeness (QED) is 0.297. The molecule has 1 fully saturated rings. The monoisotopic (exact) mass is 466 g/mol. The normalized spacial score (nSPS) is 19.6. The number of aliphatic hydroxyl groups excluding tert-OH is 1. The summed E-state index contributed by atoms with van der Waals surface area (Å²) in [5.41, 5.74) is 5.52. The Morgan fingerprint density at radius 3 is 2.34 bits per heavy atom. The number of Topliss-reactive ketones (excluding diaryl/α,β-unsaturated/α-hetero) is 1. The molecule has 2 heterocycles. The summed E-state index contributed by atoms with van der Waals surface area (Å²) in [5, 5.41) is 11.4. The number of aromatic nitrogens is 1. The highest BCUT2D eigenvalue weighted by atomic mass is 16.3. The summed E-state index contributed by atoms with van der Waals surface area (Å²) >= 11 is 0. The molecule has 1 aliphatic heterocycles. The van der Waals surface area contributed by atoms with Gasteiger partial charge in [-0.3, -0.25) is 19.5 Å². The number of carbonyl (C=O) groups excluding carboxylic acids is 2. The van der Waals surface area contributed by atoms with Gasteiger partial charge in [0.15, 0.2) is 0 Å². The van der Waals surface area contributed by atoms with E-state index in [1.165, 1.54) is 22.4 Å². The van der Waals surface area contributed by atoms with Gasteiger partial charge in [-0.1, -0.05) is 51.1 Å². The zero-order valence-electron chi connectivity index (χ0n) is 20.4. The van der Waals surface area contributed by atoms with E-state index in [-0.39, 0.29) is 16.7 Å². The fourth-order valence-corrected chi connectivity index (χ4v) is 5.11. The molecule has 35 heavy (non-hydrogen) atoms. The van der Waals surface area contributed by atoms with Gasteiger partial charge in [0.25, 0.3) is 11.7 Å². The van der Waals surface area contributed by atoms with Gasteiger partial charge in [-0.05, 0) is 77.6 Å². The van der Waals surface area contributed by atoms with Crippen LogP contribution in [0.2, 0.25) is 0 Å². The van der Waals surface area contributed by atoms with Crippen LogP contribution < -0.4 is 4.90 Å². The average Bonchev–Trinajstić information content (AvgIpc) is 3.13. The van der Waals surface area contributed by atoms with Gasteiger partial charge in [-0.25, -0.2) is 0 Å². The molecule has 0 saturated carbocycles. The average molecular weight is 467 g/mol. The maximum Gasteiger partial charge on any atom is 0.300 e. The van der Waals surface area contributed by atoms with Gasteiger partial charge in [-0.2, -0.15) is 0 Å². The molecule has 0 radical (unpaired) electrons. The van der Waals surface area contributed by atoms with Crippen LogP contribution in [0, 0.1) is 0 Å². The molecule has 1 saturated heterocycles. The number of amides is 1. The first kappa shape index (κ1) is 23.0. The highest BCUT2D eigenvalue weighted by Crippen LogP contribution is 2.42. The second kappa shape index (κ2) is 8.81. The molecule has 0 spiro atoms. The van der Waals surface area contributed by atoms with Crippen LogP contribution in [0.25, 0.3) is 5.76 Å². The number of pyridine rings is 1. The number of anilines is 1. The van der Waals surface area contributed by atoms with Crippen molar-refractivity contribution in [1.82, 2.24) is 4.98 Å². The molecule has 1 N–H and O–H groups in total. The van der Waals surface area contributed by atoms with Crippen molar-refractivity contribution in [2.45, 2.75) is 57.9 Å². The summed E-state index contributed by atoms with van der Waals surface area (Å²) in [5.74, 6) is -1.48. The highest BCUT2D eigenvalue weighted by molar-refractivity contribution is 6.51. The van der Waals surface area contributed by atoms with Gasteiger partial charge in [-0.15, -0.1) is 0 Å². The number of ketones is 1. The van der Waals surface area contributed by atoms with Crippen molar-refractivity contribution < 1.29 is 14.7 Å². The number of rotatable bonds is 3. The minimum atomic E-state index is -0.764. The molecule has 1 aromatic heterocycles. The van der Waals surface area contributed by atoms with Gasteiger partial charge in [0.1, 0.15) is 5.76 Å². The molecule has 3 aromatic rings. The second-order valence-electron chi connectivity index (χ2n) is 10.4. The number of carbonyl (C=O) groups is 2. The molecule has 1 atom stereocenters. The Hall–Kier alpha value is -3.73. The van der Waals surface area contributed by atoms with E-state index < -0.39 is 17.7 Å². The van der Waals surface area contributed by atoms with E-state index in [0.717, 1.165) is 24.8 Å². The fraction of sp³-hybridized carbons (Fsp3) is 0.300. The largest absolute Gasteiger partial charge is 0.507 e. The van der Waals surface area contributed by atoms with E-state index >= 15 is 0 Å². The molecule has 5 rings (SSSR count). The maximum absolute atomic E-state index is 13.4. The number of aliphatic hydroxyl groups is 1. The lowest BCUT2D eigenvalue weighted by molar-refractivity contribution is -0.132. The Morgan fingerprint density at radius 2 is 1.69 bits per heavy atom. The molecule has 5 heteroatoms. The SMILES string of the molecule is CC(C)(C)c1ccc(N2C(=O)C(=O)/C(=C(\O)c3ccc4c(c3)CCCC4)C2c2cccnc2)cc1. The van der Waals surface area contributed by atoms with Crippen molar-refractivity contribution >= 4 is 23.1 Å². The number of nitrogens with zero attached hydrogens (tertiary/aromatic N) is 2. The van der Waals surface area contributed by atoms with Crippen molar-refractivity contribution in [1.29, 1.82) is 0 Å². The third kappa shape index (κ3) is 4.16. The third-order valence-electron chi connectivity index (χ3n) is 7.08. The van der Waals surface area contributed by atoms with Crippen molar-refractivity contribution in [3.8, 4) is 0 Å².